The number of allylic oxidation sites excluding steroid dienone is 1. The Labute approximate surface area is 195 Å². The zero-order valence-electron chi connectivity index (χ0n) is 21.8. The Morgan fingerprint density at radius 1 is 0.774 bits per heavy atom. The van der Waals surface area contributed by atoms with Crippen molar-refractivity contribution in [1.82, 2.24) is 6.15 Å². The molecule has 0 fully saturated rings. The summed E-state index contributed by atoms with van der Waals surface area (Å²) < 4.78 is 6.40. The molecule has 0 radical (unpaired) electrons. The molecule has 0 heterocycles. The van der Waals surface area contributed by atoms with Gasteiger partial charge in [-0.15, -0.1) is 6.58 Å². The van der Waals surface area contributed by atoms with Crippen molar-refractivity contribution in [3.63, 3.8) is 0 Å². The van der Waals surface area contributed by atoms with Crippen LogP contribution in [-0.4, -0.2) is 11.6 Å². The third kappa shape index (κ3) is 15.6. The molecule has 3 nitrogen and oxygen atoms in total. The minimum Gasteiger partial charge on any atom is -0.459 e. The number of unbranched alkanes of at least 4 members (excludes halogenated alkanes) is 9. The summed E-state index contributed by atoms with van der Waals surface area (Å²) in [7, 11) is 0. The summed E-state index contributed by atoms with van der Waals surface area (Å²) >= 11 is 0. The van der Waals surface area contributed by atoms with Crippen LogP contribution in [-0.2, 0) is 9.53 Å². The van der Waals surface area contributed by atoms with Crippen LogP contribution in [0.2, 0.25) is 0 Å². The van der Waals surface area contributed by atoms with E-state index in [0.29, 0.717) is 12.3 Å². The van der Waals surface area contributed by atoms with E-state index in [9.17, 15) is 4.79 Å². The van der Waals surface area contributed by atoms with Crippen LogP contribution < -0.4 is 6.15 Å². The molecule has 1 unspecified atom stereocenters. The van der Waals surface area contributed by atoms with Crippen LogP contribution >= 0.6 is 0 Å². The highest BCUT2D eigenvalue weighted by Gasteiger charge is 2.39. The average Bonchev–Trinajstić information content (AvgIpc) is 2.72. The van der Waals surface area contributed by atoms with E-state index in [2.05, 4.69) is 34.3 Å². The molecule has 0 aliphatic heterocycles. The van der Waals surface area contributed by atoms with E-state index >= 15 is 0 Å². The van der Waals surface area contributed by atoms with Crippen molar-refractivity contribution in [3.05, 3.63) is 12.7 Å². The molecule has 0 saturated carbocycles. The Kier molecular flexibility index (Phi) is 23.3. The second-order valence-corrected chi connectivity index (χ2v) is 9.32. The van der Waals surface area contributed by atoms with E-state index in [0.717, 1.165) is 44.9 Å². The number of rotatable bonds is 22. The molecule has 0 aromatic heterocycles. The van der Waals surface area contributed by atoms with Crippen LogP contribution in [0.3, 0.4) is 0 Å². The lowest BCUT2D eigenvalue weighted by Gasteiger charge is -2.41. The number of esters is 1. The average molecular weight is 440 g/mol. The van der Waals surface area contributed by atoms with Crippen LogP contribution in [0.4, 0.5) is 0 Å². The van der Waals surface area contributed by atoms with Crippen LogP contribution in [0.1, 0.15) is 150 Å². The highest BCUT2D eigenvalue weighted by atomic mass is 16.6. The summed E-state index contributed by atoms with van der Waals surface area (Å²) in [6.07, 6.45) is 23.9. The van der Waals surface area contributed by atoms with Gasteiger partial charge in [0.05, 0.1) is 0 Å². The second kappa shape index (κ2) is 22.4. The van der Waals surface area contributed by atoms with E-state index in [1.807, 2.05) is 6.08 Å². The van der Waals surface area contributed by atoms with Crippen LogP contribution in [0.15, 0.2) is 12.7 Å². The largest absolute Gasteiger partial charge is 0.459 e. The lowest BCUT2D eigenvalue weighted by atomic mass is 9.75. The highest BCUT2D eigenvalue weighted by Crippen LogP contribution is 2.39. The Morgan fingerprint density at radius 2 is 1.35 bits per heavy atom. The maximum atomic E-state index is 12.8. The van der Waals surface area contributed by atoms with E-state index in [4.69, 9.17) is 4.74 Å². The number of hydrogen-bond donors (Lipinski definition) is 1. The van der Waals surface area contributed by atoms with Gasteiger partial charge in [0.1, 0.15) is 5.60 Å². The molecule has 0 rings (SSSR count). The maximum absolute atomic E-state index is 12.8. The lowest BCUT2D eigenvalue weighted by Crippen LogP contribution is -2.43. The first-order valence-corrected chi connectivity index (χ1v) is 13.4. The third-order valence-electron chi connectivity index (χ3n) is 6.49. The standard InChI is InChI=1S/C28H54O2.H3N/c1-6-11-13-15-16-17-18-20-23-27(29)30-28(24-9-4,25-10-5)26(21-8-3)22-19-14-12-7-2;/h6,26H,1,7-25H2,2-5H3;1H3. The Hall–Kier alpha value is -0.830. The monoisotopic (exact) mass is 439 g/mol. The minimum atomic E-state index is -0.229. The summed E-state index contributed by atoms with van der Waals surface area (Å²) in [5.74, 6) is 0.575. The maximum Gasteiger partial charge on any atom is 0.306 e. The van der Waals surface area contributed by atoms with E-state index in [1.165, 1.54) is 70.6 Å². The molecule has 3 N–H and O–H groups in total. The molecule has 3 heteroatoms. The first-order valence-electron chi connectivity index (χ1n) is 13.4. The van der Waals surface area contributed by atoms with Crippen molar-refractivity contribution in [2.75, 3.05) is 0 Å². The summed E-state index contributed by atoms with van der Waals surface area (Å²) in [6.45, 7) is 12.8. The zero-order valence-corrected chi connectivity index (χ0v) is 21.8. The van der Waals surface area contributed by atoms with Crippen molar-refractivity contribution in [1.29, 1.82) is 0 Å². The molecule has 186 valence electrons. The summed E-state index contributed by atoms with van der Waals surface area (Å²) in [6, 6.07) is 0. The number of ether oxygens (including phenoxy) is 1. The van der Waals surface area contributed by atoms with E-state index in [1.54, 1.807) is 0 Å². The van der Waals surface area contributed by atoms with Crippen molar-refractivity contribution in [2.45, 2.75) is 155 Å². The Bertz CT molecular complexity index is 402. The molecule has 1 atom stereocenters. The molecular weight excluding hydrogens is 382 g/mol. The van der Waals surface area contributed by atoms with Crippen molar-refractivity contribution >= 4 is 5.97 Å². The summed E-state index contributed by atoms with van der Waals surface area (Å²) in [4.78, 5) is 12.8. The van der Waals surface area contributed by atoms with Gasteiger partial charge in [0.25, 0.3) is 0 Å². The van der Waals surface area contributed by atoms with Gasteiger partial charge in [0, 0.05) is 6.42 Å². The van der Waals surface area contributed by atoms with Gasteiger partial charge in [-0.3, -0.25) is 4.79 Å². The van der Waals surface area contributed by atoms with Gasteiger partial charge in [0.15, 0.2) is 0 Å². The highest BCUT2D eigenvalue weighted by molar-refractivity contribution is 5.69. The molecular formula is C28H57NO2. The van der Waals surface area contributed by atoms with Crippen LogP contribution in [0, 0.1) is 5.92 Å². The molecule has 0 saturated heterocycles. The number of carbonyl (C=O) groups excluding carboxylic acids is 1. The van der Waals surface area contributed by atoms with Crippen molar-refractivity contribution in [2.24, 2.45) is 5.92 Å². The topological polar surface area (TPSA) is 61.3 Å². The molecule has 0 aromatic rings. The van der Waals surface area contributed by atoms with E-state index < -0.39 is 0 Å². The number of hydrogen-bond acceptors (Lipinski definition) is 3. The van der Waals surface area contributed by atoms with Crippen LogP contribution in [0.25, 0.3) is 0 Å². The SMILES string of the molecule is C=CCCCCCCCCC(=O)OC(CCC)(CCC)C(CCC)CCCCCC.N. The molecule has 0 spiro atoms. The summed E-state index contributed by atoms with van der Waals surface area (Å²) in [5, 5.41) is 0. The fourth-order valence-corrected chi connectivity index (χ4v) is 4.94. The van der Waals surface area contributed by atoms with E-state index in [-0.39, 0.29) is 17.7 Å². The quantitative estimate of drug-likeness (QED) is 0.104. The minimum absolute atomic E-state index is 0. The Morgan fingerprint density at radius 3 is 1.90 bits per heavy atom. The van der Waals surface area contributed by atoms with Gasteiger partial charge >= 0.3 is 5.97 Å². The molecule has 0 aliphatic carbocycles. The lowest BCUT2D eigenvalue weighted by molar-refractivity contribution is -0.170. The van der Waals surface area contributed by atoms with Gasteiger partial charge in [-0.25, -0.2) is 0 Å². The predicted octanol–water partition coefficient (Wildman–Crippen LogP) is 9.72. The van der Waals surface area contributed by atoms with Crippen LogP contribution in [0.5, 0.6) is 0 Å². The van der Waals surface area contributed by atoms with Crippen molar-refractivity contribution in [3.8, 4) is 0 Å². The molecule has 0 amide bonds. The van der Waals surface area contributed by atoms with Gasteiger partial charge in [-0.1, -0.05) is 104 Å². The predicted molar refractivity (Wildman–Crippen MR) is 138 cm³/mol. The van der Waals surface area contributed by atoms with Gasteiger partial charge < -0.3 is 10.9 Å². The fourth-order valence-electron chi connectivity index (χ4n) is 4.94. The summed E-state index contributed by atoms with van der Waals surface area (Å²) in [5.41, 5.74) is -0.229. The van der Waals surface area contributed by atoms with Gasteiger partial charge in [0.2, 0.25) is 0 Å². The zero-order chi connectivity index (χ0) is 22.5. The third-order valence-corrected chi connectivity index (χ3v) is 6.49. The van der Waals surface area contributed by atoms with Crippen molar-refractivity contribution < 1.29 is 9.53 Å². The molecule has 31 heavy (non-hydrogen) atoms. The number of carbonyl (C=O) groups is 1. The second-order valence-electron chi connectivity index (χ2n) is 9.32. The smallest absolute Gasteiger partial charge is 0.306 e. The molecule has 0 aromatic carbocycles. The molecule has 0 bridgehead atoms. The normalized spacial score (nSPS) is 12.3. The Balaban J connectivity index is 0. The first kappa shape index (κ1) is 32.4. The van der Waals surface area contributed by atoms with Gasteiger partial charge in [-0.2, -0.15) is 0 Å². The fraction of sp³-hybridized carbons (Fsp3) is 0.893. The first-order chi connectivity index (χ1) is 14.6. The van der Waals surface area contributed by atoms with Gasteiger partial charge in [-0.05, 0) is 50.9 Å². The molecule has 0 aliphatic rings.